The molecule has 2 rings (SSSR count). The van der Waals surface area contributed by atoms with E-state index in [1.165, 1.54) is 22.5 Å². The first kappa shape index (κ1) is 15.3. The molecule has 1 N–H and O–H groups in total. The predicted molar refractivity (Wildman–Crippen MR) is 86.6 cm³/mol. The molecule has 0 spiro atoms. The average Bonchev–Trinajstić information content (AvgIpc) is 2.88. The van der Waals surface area contributed by atoms with Crippen LogP contribution in [0.3, 0.4) is 0 Å². The number of aryl methyl sites for hydroxylation is 2. The lowest BCUT2D eigenvalue weighted by molar-refractivity contribution is 0.304. The van der Waals surface area contributed by atoms with Crippen molar-refractivity contribution < 1.29 is 4.74 Å². The van der Waals surface area contributed by atoms with E-state index in [4.69, 9.17) is 4.74 Å². The van der Waals surface area contributed by atoms with Crippen molar-refractivity contribution in [3.05, 3.63) is 32.7 Å². The lowest BCUT2D eigenvalue weighted by atomic mass is 10.1. The van der Waals surface area contributed by atoms with E-state index in [-0.39, 0.29) is 0 Å². The Labute approximate surface area is 131 Å². The van der Waals surface area contributed by atoms with E-state index in [9.17, 15) is 0 Å². The summed E-state index contributed by atoms with van der Waals surface area (Å²) in [6, 6.07) is 4.04. The predicted octanol–water partition coefficient (Wildman–Crippen LogP) is 4.32. The largest absolute Gasteiger partial charge is 0.486 e. The van der Waals surface area contributed by atoms with Crippen molar-refractivity contribution in [1.29, 1.82) is 0 Å². The first-order valence-electron chi connectivity index (χ1n) is 6.56. The fourth-order valence-corrected chi connectivity index (χ4v) is 2.66. The third-order valence-corrected chi connectivity index (χ3v) is 4.87. The van der Waals surface area contributed by atoms with Gasteiger partial charge in [0.15, 0.2) is 5.01 Å². The third kappa shape index (κ3) is 3.93. The van der Waals surface area contributed by atoms with Gasteiger partial charge in [-0.2, -0.15) is 0 Å². The zero-order chi connectivity index (χ0) is 14.5. The molecule has 0 radical (unpaired) electrons. The van der Waals surface area contributed by atoms with E-state index in [1.54, 1.807) is 0 Å². The maximum absolute atomic E-state index is 5.79. The fourth-order valence-electron chi connectivity index (χ4n) is 1.75. The van der Waals surface area contributed by atoms with Gasteiger partial charge in [0.25, 0.3) is 0 Å². The standard InChI is InChI=1S/C14H18BrN3OS/c1-4-5-16-14-18-17-12(20-14)8-19-11-6-9(2)13(15)10(3)7-11/h6-7H,4-5,8H2,1-3H3,(H,16,18). The quantitative estimate of drug-likeness (QED) is 0.838. The maximum atomic E-state index is 5.79. The molecule has 0 atom stereocenters. The van der Waals surface area contributed by atoms with E-state index < -0.39 is 0 Å². The fraction of sp³-hybridized carbons (Fsp3) is 0.429. The van der Waals surface area contributed by atoms with Crippen LogP contribution in [0.1, 0.15) is 29.5 Å². The summed E-state index contributed by atoms with van der Waals surface area (Å²) in [6.07, 6.45) is 1.07. The van der Waals surface area contributed by atoms with E-state index in [1.807, 2.05) is 12.1 Å². The van der Waals surface area contributed by atoms with Crippen molar-refractivity contribution in [2.24, 2.45) is 0 Å². The number of benzene rings is 1. The monoisotopic (exact) mass is 355 g/mol. The molecule has 1 aromatic heterocycles. The molecule has 0 saturated carbocycles. The third-order valence-electron chi connectivity index (χ3n) is 2.77. The summed E-state index contributed by atoms with van der Waals surface area (Å²) >= 11 is 5.09. The van der Waals surface area contributed by atoms with Gasteiger partial charge in [0, 0.05) is 11.0 Å². The van der Waals surface area contributed by atoms with Gasteiger partial charge in [-0.1, -0.05) is 34.2 Å². The molecule has 0 aliphatic rings. The highest BCUT2D eigenvalue weighted by molar-refractivity contribution is 9.10. The molecule has 6 heteroatoms. The summed E-state index contributed by atoms with van der Waals surface area (Å²) in [7, 11) is 0. The molecule has 0 aliphatic heterocycles. The number of rotatable bonds is 6. The number of anilines is 1. The molecular formula is C14H18BrN3OS. The minimum atomic E-state index is 0.450. The normalized spacial score (nSPS) is 10.6. The zero-order valence-corrected chi connectivity index (χ0v) is 14.3. The van der Waals surface area contributed by atoms with Gasteiger partial charge in [-0.05, 0) is 43.5 Å². The maximum Gasteiger partial charge on any atom is 0.205 e. The molecule has 1 aromatic carbocycles. The van der Waals surface area contributed by atoms with E-state index in [0.29, 0.717) is 6.61 Å². The van der Waals surface area contributed by atoms with Crippen LogP contribution < -0.4 is 10.1 Å². The molecule has 20 heavy (non-hydrogen) atoms. The van der Waals surface area contributed by atoms with Gasteiger partial charge >= 0.3 is 0 Å². The molecule has 1 heterocycles. The lowest BCUT2D eigenvalue weighted by Crippen LogP contribution is -1.98. The van der Waals surface area contributed by atoms with E-state index in [2.05, 4.69) is 52.2 Å². The molecule has 0 unspecified atom stereocenters. The first-order chi connectivity index (χ1) is 9.60. The summed E-state index contributed by atoms with van der Waals surface area (Å²) in [6.45, 7) is 7.60. The second kappa shape index (κ2) is 7.04. The van der Waals surface area contributed by atoms with Crippen LogP contribution in [0.4, 0.5) is 5.13 Å². The Morgan fingerprint density at radius 2 is 1.95 bits per heavy atom. The Bertz CT molecular complexity index is 563. The van der Waals surface area contributed by atoms with Crippen molar-refractivity contribution in [2.45, 2.75) is 33.8 Å². The Kier molecular flexibility index (Phi) is 5.37. The number of halogens is 1. The molecule has 0 saturated heterocycles. The van der Waals surface area contributed by atoms with Crippen LogP contribution in [0.15, 0.2) is 16.6 Å². The summed E-state index contributed by atoms with van der Waals surface area (Å²) in [5.74, 6) is 0.862. The van der Waals surface area contributed by atoms with E-state index in [0.717, 1.165) is 33.3 Å². The van der Waals surface area contributed by atoms with Gasteiger partial charge in [-0.15, -0.1) is 10.2 Å². The van der Waals surface area contributed by atoms with Crippen LogP contribution in [-0.2, 0) is 6.61 Å². The minimum absolute atomic E-state index is 0.450. The topological polar surface area (TPSA) is 47.0 Å². The molecule has 0 fully saturated rings. The Balaban J connectivity index is 1.96. The SMILES string of the molecule is CCCNc1nnc(COc2cc(C)c(Br)c(C)c2)s1. The van der Waals surface area contributed by atoms with Gasteiger partial charge in [-0.3, -0.25) is 0 Å². The van der Waals surface area contributed by atoms with E-state index >= 15 is 0 Å². The van der Waals surface area contributed by atoms with Gasteiger partial charge in [0.05, 0.1) is 0 Å². The Morgan fingerprint density at radius 1 is 1.25 bits per heavy atom. The summed E-state index contributed by atoms with van der Waals surface area (Å²) < 4.78 is 6.92. The number of aromatic nitrogens is 2. The number of hydrogen-bond donors (Lipinski definition) is 1. The lowest BCUT2D eigenvalue weighted by Gasteiger charge is -2.08. The highest BCUT2D eigenvalue weighted by Gasteiger charge is 2.06. The second-order valence-corrected chi connectivity index (χ2v) is 6.44. The van der Waals surface area contributed by atoms with Gasteiger partial charge in [-0.25, -0.2) is 0 Å². The summed E-state index contributed by atoms with van der Waals surface area (Å²) in [4.78, 5) is 0. The number of nitrogens with one attached hydrogen (secondary N) is 1. The van der Waals surface area contributed by atoms with Crippen molar-refractivity contribution in [1.82, 2.24) is 10.2 Å². The summed E-state index contributed by atoms with van der Waals surface area (Å²) in [5.41, 5.74) is 2.34. The van der Waals surface area contributed by atoms with Crippen LogP contribution >= 0.6 is 27.3 Å². The number of ether oxygens (including phenoxy) is 1. The molecular weight excluding hydrogens is 338 g/mol. The molecule has 0 bridgehead atoms. The highest BCUT2D eigenvalue weighted by atomic mass is 79.9. The number of hydrogen-bond acceptors (Lipinski definition) is 5. The molecule has 108 valence electrons. The first-order valence-corrected chi connectivity index (χ1v) is 8.17. The second-order valence-electron chi connectivity index (χ2n) is 4.59. The van der Waals surface area contributed by atoms with Gasteiger partial charge in [0.2, 0.25) is 5.13 Å². The van der Waals surface area contributed by atoms with Crippen LogP contribution in [0.25, 0.3) is 0 Å². The zero-order valence-electron chi connectivity index (χ0n) is 11.9. The number of nitrogens with zero attached hydrogens (tertiary/aromatic N) is 2. The Hall–Kier alpha value is -1.14. The average molecular weight is 356 g/mol. The van der Waals surface area contributed by atoms with Crippen molar-refractivity contribution in [3.63, 3.8) is 0 Å². The van der Waals surface area contributed by atoms with Crippen molar-refractivity contribution in [3.8, 4) is 5.75 Å². The van der Waals surface area contributed by atoms with Gasteiger partial charge < -0.3 is 10.1 Å². The van der Waals surface area contributed by atoms with Crippen LogP contribution in [0, 0.1) is 13.8 Å². The molecule has 0 amide bonds. The highest BCUT2D eigenvalue weighted by Crippen LogP contribution is 2.27. The minimum Gasteiger partial charge on any atom is -0.486 e. The van der Waals surface area contributed by atoms with Crippen molar-refractivity contribution >= 4 is 32.4 Å². The van der Waals surface area contributed by atoms with Gasteiger partial charge in [0.1, 0.15) is 12.4 Å². The Morgan fingerprint density at radius 3 is 2.60 bits per heavy atom. The molecule has 4 nitrogen and oxygen atoms in total. The molecule has 2 aromatic rings. The van der Waals surface area contributed by atoms with Crippen LogP contribution in [-0.4, -0.2) is 16.7 Å². The summed E-state index contributed by atoms with van der Waals surface area (Å²) in [5, 5.41) is 13.2. The smallest absolute Gasteiger partial charge is 0.205 e. The molecule has 0 aliphatic carbocycles. The van der Waals surface area contributed by atoms with Crippen molar-refractivity contribution in [2.75, 3.05) is 11.9 Å². The van der Waals surface area contributed by atoms with Crippen LogP contribution in [0.5, 0.6) is 5.75 Å². The van der Waals surface area contributed by atoms with Crippen LogP contribution in [0.2, 0.25) is 0 Å².